The maximum Gasteiger partial charge on any atom is 0.223 e. The maximum absolute atomic E-state index is 5.83. The molecule has 0 saturated carbocycles. The molecule has 0 aliphatic rings. The summed E-state index contributed by atoms with van der Waals surface area (Å²) >= 11 is 3.41. The fraction of sp³-hybridized carbons (Fsp3) is 0.412. The van der Waals surface area contributed by atoms with Crippen molar-refractivity contribution in [3.8, 4) is 11.6 Å². The third kappa shape index (κ3) is 4.53. The van der Waals surface area contributed by atoms with E-state index >= 15 is 0 Å². The molecule has 0 spiro atoms. The normalized spacial score (nSPS) is 12.2. The molecule has 3 nitrogen and oxygen atoms in total. The second kappa shape index (κ2) is 7.55. The van der Waals surface area contributed by atoms with Gasteiger partial charge >= 0.3 is 0 Å². The largest absolute Gasteiger partial charge is 0.439 e. The van der Waals surface area contributed by atoms with Crippen molar-refractivity contribution < 1.29 is 4.74 Å². The lowest BCUT2D eigenvalue weighted by Crippen LogP contribution is -1.98. The van der Waals surface area contributed by atoms with Crippen molar-refractivity contribution in [2.75, 3.05) is 0 Å². The predicted octanol–water partition coefficient (Wildman–Crippen LogP) is 5.50. The summed E-state index contributed by atoms with van der Waals surface area (Å²) in [4.78, 5) is 8.77. The molecule has 1 aromatic carbocycles. The summed E-state index contributed by atoms with van der Waals surface area (Å²) in [6.07, 6.45) is 3.00. The first-order chi connectivity index (χ1) is 10.1. The van der Waals surface area contributed by atoms with E-state index in [1.54, 1.807) is 6.07 Å². The Morgan fingerprint density at radius 3 is 2.48 bits per heavy atom. The lowest BCUT2D eigenvalue weighted by molar-refractivity contribution is 0.457. The van der Waals surface area contributed by atoms with Crippen molar-refractivity contribution in [1.29, 1.82) is 0 Å². The maximum atomic E-state index is 5.83. The fourth-order valence-electron chi connectivity index (χ4n) is 2.05. The van der Waals surface area contributed by atoms with Gasteiger partial charge in [-0.3, -0.25) is 0 Å². The lowest BCUT2D eigenvalue weighted by atomic mass is 9.99. The number of aromatic nitrogens is 2. The standard InChI is InChI=1S/C17H21BrN2O/c1-4-6-16-19-15(18)11-17(20-16)21-14-9-7-13(8-10-14)12(3)5-2/h7-12H,4-6H2,1-3H3. The van der Waals surface area contributed by atoms with Gasteiger partial charge in [0.1, 0.15) is 16.2 Å². The third-order valence-electron chi connectivity index (χ3n) is 3.48. The molecule has 21 heavy (non-hydrogen) atoms. The molecule has 1 unspecified atom stereocenters. The molecule has 2 aromatic rings. The van der Waals surface area contributed by atoms with Crippen LogP contribution in [-0.4, -0.2) is 9.97 Å². The number of benzene rings is 1. The average Bonchev–Trinajstić information content (AvgIpc) is 2.47. The monoisotopic (exact) mass is 348 g/mol. The van der Waals surface area contributed by atoms with Crippen LogP contribution in [0.1, 0.15) is 50.9 Å². The minimum Gasteiger partial charge on any atom is -0.439 e. The van der Waals surface area contributed by atoms with Crippen LogP contribution in [0, 0.1) is 0 Å². The smallest absolute Gasteiger partial charge is 0.223 e. The van der Waals surface area contributed by atoms with Crippen LogP contribution in [-0.2, 0) is 6.42 Å². The third-order valence-corrected chi connectivity index (χ3v) is 3.88. The first-order valence-electron chi connectivity index (χ1n) is 7.43. The van der Waals surface area contributed by atoms with Crippen molar-refractivity contribution in [3.05, 3.63) is 46.3 Å². The molecule has 0 aliphatic carbocycles. The van der Waals surface area contributed by atoms with E-state index in [9.17, 15) is 0 Å². The van der Waals surface area contributed by atoms with Crippen LogP contribution in [0.3, 0.4) is 0 Å². The van der Waals surface area contributed by atoms with Gasteiger partial charge in [0.05, 0.1) is 0 Å². The summed E-state index contributed by atoms with van der Waals surface area (Å²) in [6, 6.07) is 10.0. The van der Waals surface area contributed by atoms with E-state index in [0.29, 0.717) is 11.8 Å². The first-order valence-corrected chi connectivity index (χ1v) is 8.23. The minimum absolute atomic E-state index is 0.573. The minimum atomic E-state index is 0.573. The van der Waals surface area contributed by atoms with Gasteiger partial charge in [-0.25, -0.2) is 4.98 Å². The van der Waals surface area contributed by atoms with Crippen molar-refractivity contribution in [3.63, 3.8) is 0 Å². The number of rotatable bonds is 6. The summed E-state index contributed by atoms with van der Waals surface area (Å²) in [5.41, 5.74) is 1.33. The van der Waals surface area contributed by atoms with Crippen molar-refractivity contribution in [2.24, 2.45) is 0 Å². The number of ether oxygens (including phenoxy) is 1. The van der Waals surface area contributed by atoms with E-state index in [0.717, 1.165) is 35.4 Å². The summed E-state index contributed by atoms with van der Waals surface area (Å²) in [7, 11) is 0. The molecule has 0 bridgehead atoms. The molecule has 1 atom stereocenters. The Labute approximate surface area is 134 Å². The zero-order valence-electron chi connectivity index (χ0n) is 12.8. The van der Waals surface area contributed by atoms with Gasteiger partial charge < -0.3 is 4.74 Å². The Balaban J connectivity index is 2.14. The van der Waals surface area contributed by atoms with Crippen LogP contribution < -0.4 is 4.74 Å². The molecule has 0 amide bonds. The predicted molar refractivity (Wildman–Crippen MR) is 88.9 cm³/mol. The van der Waals surface area contributed by atoms with Crippen LogP contribution in [0.25, 0.3) is 0 Å². The Hall–Kier alpha value is -1.42. The molecular formula is C17H21BrN2O. The number of nitrogens with zero attached hydrogens (tertiary/aromatic N) is 2. The summed E-state index contributed by atoms with van der Waals surface area (Å²) in [6.45, 7) is 6.54. The molecule has 2 rings (SSSR count). The van der Waals surface area contributed by atoms with E-state index < -0.39 is 0 Å². The van der Waals surface area contributed by atoms with Gasteiger partial charge in [0, 0.05) is 12.5 Å². The molecule has 0 fully saturated rings. The zero-order valence-corrected chi connectivity index (χ0v) is 14.4. The van der Waals surface area contributed by atoms with Crippen LogP contribution in [0.2, 0.25) is 0 Å². The summed E-state index contributed by atoms with van der Waals surface area (Å²) < 4.78 is 6.59. The van der Waals surface area contributed by atoms with Gasteiger partial charge in [-0.05, 0) is 52.4 Å². The number of halogens is 1. The average molecular weight is 349 g/mol. The second-order valence-corrected chi connectivity index (χ2v) is 5.99. The Morgan fingerprint density at radius 2 is 1.86 bits per heavy atom. The van der Waals surface area contributed by atoms with E-state index in [4.69, 9.17) is 4.74 Å². The van der Waals surface area contributed by atoms with Gasteiger partial charge in [-0.2, -0.15) is 4.98 Å². The van der Waals surface area contributed by atoms with Crippen LogP contribution in [0.15, 0.2) is 34.9 Å². The molecular weight excluding hydrogens is 328 g/mol. The van der Waals surface area contributed by atoms with Crippen molar-refractivity contribution in [1.82, 2.24) is 9.97 Å². The van der Waals surface area contributed by atoms with E-state index in [2.05, 4.69) is 58.8 Å². The summed E-state index contributed by atoms with van der Waals surface area (Å²) in [5.74, 6) is 2.76. The van der Waals surface area contributed by atoms with E-state index in [-0.39, 0.29) is 0 Å². The van der Waals surface area contributed by atoms with Crippen molar-refractivity contribution >= 4 is 15.9 Å². The van der Waals surface area contributed by atoms with Crippen LogP contribution in [0.4, 0.5) is 0 Å². The molecule has 0 radical (unpaired) electrons. The lowest BCUT2D eigenvalue weighted by Gasteiger charge is -2.10. The quantitative estimate of drug-likeness (QED) is 0.646. The highest BCUT2D eigenvalue weighted by molar-refractivity contribution is 9.10. The SMILES string of the molecule is CCCc1nc(Br)cc(Oc2ccc(C(C)CC)cc2)n1. The Bertz CT molecular complexity index is 584. The highest BCUT2D eigenvalue weighted by atomic mass is 79.9. The molecule has 4 heteroatoms. The molecule has 0 saturated heterocycles. The summed E-state index contributed by atoms with van der Waals surface area (Å²) in [5, 5.41) is 0. The number of hydrogen-bond donors (Lipinski definition) is 0. The highest BCUT2D eigenvalue weighted by Crippen LogP contribution is 2.25. The van der Waals surface area contributed by atoms with Gasteiger partial charge in [-0.1, -0.05) is 32.9 Å². The van der Waals surface area contributed by atoms with Gasteiger partial charge in [0.25, 0.3) is 0 Å². The van der Waals surface area contributed by atoms with Crippen LogP contribution >= 0.6 is 15.9 Å². The van der Waals surface area contributed by atoms with E-state index in [1.807, 2.05) is 12.1 Å². The van der Waals surface area contributed by atoms with Gasteiger partial charge in [-0.15, -0.1) is 0 Å². The fourth-order valence-corrected chi connectivity index (χ4v) is 2.45. The van der Waals surface area contributed by atoms with Crippen molar-refractivity contribution in [2.45, 2.75) is 46.0 Å². The molecule has 0 aliphatic heterocycles. The zero-order chi connectivity index (χ0) is 15.2. The Morgan fingerprint density at radius 1 is 1.14 bits per heavy atom. The van der Waals surface area contributed by atoms with Gasteiger partial charge in [0.2, 0.25) is 5.88 Å². The molecule has 1 heterocycles. The van der Waals surface area contributed by atoms with E-state index in [1.165, 1.54) is 5.56 Å². The number of hydrogen-bond acceptors (Lipinski definition) is 3. The number of aryl methyl sites for hydroxylation is 1. The molecule has 112 valence electrons. The highest BCUT2D eigenvalue weighted by Gasteiger charge is 2.06. The first kappa shape index (κ1) is 16.0. The molecule has 1 aromatic heterocycles. The molecule has 0 N–H and O–H groups in total. The topological polar surface area (TPSA) is 35.0 Å². The second-order valence-electron chi connectivity index (χ2n) is 5.18. The van der Waals surface area contributed by atoms with Crippen LogP contribution in [0.5, 0.6) is 11.6 Å². The van der Waals surface area contributed by atoms with Gasteiger partial charge in [0.15, 0.2) is 0 Å². The Kier molecular flexibility index (Phi) is 5.74.